The third-order valence-corrected chi connectivity index (χ3v) is 4.83. The second-order valence-corrected chi connectivity index (χ2v) is 7.01. The van der Waals surface area contributed by atoms with Crippen molar-refractivity contribution in [1.82, 2.24) is 0 Å². The second-order valence-electron chi connectivity index (χ2n) is 7.01. The lowest BCUT2D eigenvalue weighted by atomic mass is 9.92. The molecular formula is C27H28O. The van der Waals surface area contributed by atoms with Gasteiger partial charge in [0.1, 0.15) is 6.10 Å². The zero-order chi connectivity index (χ0) is 19.6. The average Bonchev–Trinajstić information content (AvgIpc) is 2.77. The molecule has 3 rings (SSSR count). The highest BCUT2D eigenvalue weighted by atomic mass is 16.3. The van der Waals surface area contributed by atoms with Crippen molar-refractivity contribution in [2.24, 2.45) is 0 Å². The maximum Gasteiger partial charge on any atom is 0.105 e. The standard InChI is InChI=1S/C27H28O/c1-2-3-13-23(20-22-14-7-4-8-15-22)21-26(24-16-9-5-10-17-24)27(28)25-18-11-6-12-19-25/h4-12,14-21,27-28H,2-3,13H2,1H3/b23-20+,26-21+. The first-order chi connectivity index (χ1) is 13.8. The molecule has 0 amide bonds. The minimum Gasteiger partial charge on any atom is -0.384 e. The molecule has 0 saturated heterocycles. The molecule has 0 fully saturated rings. The Morgan fingerprint density at radius 1 is 0.821 bits per heavy atom. The van der Waals surface area contributed by atoms with Crippen LogP contribution in [-0.2, 0) is 0 Å². The number of allylic oxidation sites excluding steroid dienone is 2. The van der Waals surface area contributed by atoms with Gasteiger partial charge in [0.05, 0.1) is 0 Å². The molecule has 0 aliphatic heterocycles. The molecule has 0 bridgehead atoms. The summed E-state index contributed by atoms with van der Waals surface area (Å²) in [4.78, 5) is 0. The van der Waals surface area contributed by atoms with E-state index in [4.69, 9.17) is 0 Å². The molecule has 0 aromatic heterocycles. The first-order valence-electron chi connectivity index (χ1n) is 10.0. The van der Waals surface area contributed by atoms with Gasteiger partial charge < -0.3 is 5.11 Å². The Hall–Kier alpha value is -2.90. The van der Waals surface area contributed by atoms with Crippen molar-refractivity contribution in [3.63, 3.8) is 0 Å². The molecule has 0 spiro atoms. The van der Waals surface area contributed by atoms with Crippen LogP contribution in [0.4, 0.5) is 0 Å². The summed E-state index contributed by atoms with van der Waals surface area (Å²) in [7, 11) is 0. The van der Waals surface area contributed by atoms with E-state index in [1.165, 1.54) is 11.1 Å². The maximum absolute atomic E-state index is 11.2. The first-order valence-corrected chi connectivity index (χ1v) is 10.0. The topological polar surface area (TPSA) is 20.2 Å². The summed E-state index contributed by atoms with van der Waals surface area (Å²) in [5.41, 5.74) is 5.32. The summed E-state index contributed by atoms with van der Waals surface area (Å²) < 4.78 is 0. The van der Waals surface area contributed by atoms with E-state index >= 15 is 0 Å². The molecule has 3 aromatic rings. The molecular weight excluding hydrogens is 340 g/mol. The zero-order valence-corrected chi connectivity index (χ0v) is 16.5. The third kappa shape index (κ3) is 5.55. The largest absolute Gasteiger partial charge is 0.384 e. The van der Waals surface area contributed by atoms with Crippen molar-refractivity contribution in [1.29, 1.82) is 0 Å². The summed E-state index contributed by atoms with van der Waals surface area (Å²) in [6.45, 7) is 2.21. The summed E-state index contributed by atoms with van der Waals surface area (Å²) in [6, 6.07) is 30.5. The fraction of sp³-hybridized carbons (Fsp3) is 0.185. The number of aliphatic hydroxyl groups is 1. The Morgan fingerprint density at radius 3 is 2.00 bits per heavy atom. The van der Waals surface area contributed by atoms with Gasteiger partial charge in [0, 0.05) is 0 Å². The van der Waals surface area contributed by atoms with E-state index < -0.39 is 6.10 Å². The van der Waals surface area contributed by atoms with E-state index in [2.05, 4.69) is 55.5 Å². The molecule has 3 aromatic carbocycles. The van der Waals surface area contributed by atoms with E-state index in [1.54, 1.807) is 0 Å². The highest BCUT2D eigenvalue weighted by Crippen LogP contribution is 2.32. The van der Waals surface area contributed by atoms with E-state index in [9.17, 15) is 5.11 Å². The van der Waals surface area contributed by atoms with Gasteiger partial charge in [0.2, 0.25) is 0 Å². The van der Waals surface area contributed by atoms with Gasteiger partial charge in [-0.15, -0.1) is 0 Å². The smallest absolute Gasteiger partial charge is 0.105 e. The molecule has 1 unspecified atom stereocenters. The monoisotopic (exact) mass is 368 g/mol. The van der Waals surface area contributed by atoms with Gasteiger partial charge in [-0.05, 0) is 40.7 Å². The Balaban J connectivity index is 2.05. The van der Waals surface area contributed by atoms with Gasteiger partial charge in [-0.1, -0.05) is 116 Å². The quantitative estimate of drug-likeness (QED) is 0.421. The average molecular weight is 369 g/mol. The lowest BCUT2D eigenvalue weighted by Gasteiger charge is -2.17. The zero-order valence-electron chi connectivity index (χ0n) is 16.5. The molecule has 0 aliphatic carbocycles. The fourth-order valence-corrected chi connectivity index (χ4v) is 3.30. The minimum atomic E-state index is -0.663. The van der Waals surface area contributed by atoms with Gasteiger partial charge in [0.25, 0.3) is 0 Å². The first kappa shape index (κ1) is 19.9. The van der Waals surface area contributed by atoms with Crippen LogP contribution in [0.5, 0.6) is 0 Å². The minimum absolute atomic E-state index is 0.663. The number of hydrogen-bond donors (Lipinski definition) is 1. The summed E-state index contributed by atoms with van der Waals surface area (Å²) in [5.74, 6) is 0. The number of rotatable bonds is 8. The van der Waals surface area contributed by atoms with Crippen LogP contribution in [0.25, 0.3) is 11.6 Å². The Bertz CT molecular complexity index is 893. The van der Waals surface area contributed by atoms with E-state index in [-0.39, 0.29) is 0 Å². The van der Waals surface area contributed by atoms with Crippen molar-refractivity contribution in [3.8, 4) is 0 Å². The summed E-state index contributed by atoms with van der Waals surface area (Å²) >= 11 is 0. The predicted molar refractivity (Wildman–Crippen MR) is 120 cm³/mol. The van der Waals surface area contributed by atoms with Crippen LogP contribution in [0.2, 0.25) is 0 Å². The van der Waals surface area contributed by atoms with Crippen molar-refractivity contribution in [2.75, 3.05) is 0 Å². The van der Waals surface area contributed by atoms with E-state index in [0.717, 1.165) is 36.0 Å². The molecule has 1 N–H and O–H groups in total. The normalized spacial score (nSPS) is 13.4. The van der Waals surface area contributed by atoms with E-state index in [1.807, 2.05) is 54.6 Å². The van der Waals surface area contributed by atoms with Crippen LogP contribution in [0.1, 0.15) is 49.0 Å². The third-order valence-electron chi connectivity index (χ3n) is 4.83. The Labute approximate surface area is 168 Å². The SMILES string of the molecule is CCCCC(=C\c1ccccc1)/C=C(\c1ccccc1)C(O)c1ccccc1. The van der Waals surface area contributed by atoms with Crippen LogP contribution in [0, 0.1) is 0 Å². The Morgan fingerprint density at radius 2 is 1.39 bits per heavy atom. The number of benzene rings is 3. The lowest BCUT2D eigenvalue weighted by Crippen LogP contribution is -2.02. The van der Waals surface area contributed by atoms with Gasteiger partial charge in [-0.2, -0.15) is 0 Å². The van der Waals surface area contributed by atoms with Crippen LogP contribution in [-0.4, -0.2) is 5.11 Å². The van der Waals surface area contributed by atoms with Crippen LogP contribution in [0.15, 0.2) is 103 Å². The molecule has 0 radical (unpaired) electrons. The second kappa shape index (κ2) is 10.4. The molecule has 142 valence electrons. The predicted octanol–water partition coefficient (Wildman–Crippen LogP) is 7.08. The Kier molecular flexibility index (Phi) is 7.40. The van der Waals surface area contributed by atoms with Gasteiger partial charge in [-0.25, -0.2) is 0 Å². The lowest BCUT2D eigenvalue weighted by molar-refractivity contribution is 0.238. The van der Waals surface area contributed by atoms with Crippen molar-refractivity contribution >= 4 is 11.6 Å². The van der Waals surface area contributed by atoms with Gasteiger partial charge in [-0.3, -0.25) is 0 Å². The summed E-state index contributed by atoms with van der Waals surface area (Å²) in [6.07, 6.45) is 7.00. The molecule has 28 heavy (non-hydrogen) atoms. The van der Waals surface area contributed by atoms with Crippen LogP contribution >= 0.6 is 0 Å². The van der Waals surface area contributed by atoms with Crippen molar-refractivity contribution < 1.29 is 5.11 Å². The molecule has 1 heteroatoms. The maximum atomic E-state index is 11.2. The van der Waals surface area contributed by atoms with Crippen LogP contribution in [0.3, 0.4) is 0 Å². The molecule has 0 aliphatic rings. The molecule has 0 heterocycles. The van der Waals surface area contributed by atoms with Crippen molar-refractivity contribution in [3.05, 3.63) is 119 Å². The summed E-state index contributed by atoms with van der Waals surface area (Å²) in [5, 5.41) is 11.2. The molecule has 1 atom stereocenters. The molecule has 0 saturated carbocycles. The van der Waals surface area contributed by atoms with Crippen molar-refractivity contribution in [2.45, 2.75) is 32.3 Å². The fourth-order valence-electron chi connectivity index (χ4n) is 3.30. The highest BCUT2D eigenvalue weighted by molar-refractivity contribution is 5.74. The number of aliphatic hydroxyl groups excluding tert-OH is 1. The molecule has 1 nitrogen and oxygen atoms in total. The van der Waals surface area contributed by atoms with Crippen LogP contribution < -0.4 is 0 Å². The number of unbranched alkanes of at least 4 members (excludes halogenated alkanes) is 1. The van der Waals surface area contributed by atoms with E-state index in [0.29, 0.717) is 0 Å². The number of hydrogen-bond acceptors (Lipinski definition) is 1. The highest BCUT2D eigenvalue weighted by Gasteiger charge is 2.15. The van der Waals surface area contributed by atoms with Gasteiger partial charge in [0.15, 0.2) is 0 Å². The van der Waals surface area contributed by atoms with Gasteiger partial charge >= 0.3 is 0 Å².